The summed E-state index contributed by atoms with van der Waals surface area (Å²) in [5.74, 6) is -1.32. The third-order valence-electron chi connectivity index (χ3n) is 3.70. The Kier molecular flexibility index (Phi) is 5.41. The van der Waals surface area contributed by atoms with Crippen molar-refractivity contribution in [3.63, 3.8) is 0 Å². The standard InChI is InChI=1S/C18H17N3O6S/c1-9(2)26-7-13-19-11-5-6-12-15(17(11)28-13)16(18(24)25-4)20-21(12)14(23)8-27-10(3)22/h5-6H,1,7-8H2,2-4H3. The molecule has 0 aliphatic rings. The lowest BCUT2D eigenvalue weighted by Crippen LogP contribution is -2.20. The van der Waals surface area contributed by atoms with Crippen LogP contribution in [0.5, 0.6) is 0 Å². The number of benzene rings is 1. The van der Waals surface area contributed by atoms with Crippen LogP contribution < -0.4 is 0 Å². The lowest BCUT2D eigenvalue weighted by molar-refractivity contribution is -0.139. The molecule has 2 aromatic heterocycles. The van der Waals surface area contributed by atoms with Gasteiger partial charge in [0.1, 0.15) is 11.6 Å². The van der Waals surface area contributed by atoms with Gasteiger partial charge in [0.05, 0.1) is 34.0 Å². The fraction of sp³-hybridized carbons (Fsp3) is 0.278. The van der Waals surface area contributed by atoms with E-state index in [1.165, 1.54) is 25.4 Å². The maximum atomic E-state index is 12.4. The summed E-state index contributed by atoms with van der Waals surface area (Å²) >= 11 is 1.32. The average Bonchev–Trinajstić information content (AvgIpc) is 3.24. The molecule has 3 rings (SSSR count). The van der Waals surface area contributed by atoms with Crippen LogP contribution in [0.3, 0.4) is 0 Å². The normalized spacial score (nSPS) is 10.8. The molecule has 0 atom stereocenters. The van der Waals surface area contributed by atoms with Crippen LogP contribution in [0.15, 0.2) is 24.5 Å². The summed E-state index contributed by atoms with van der Waals surface area (Å²) in [5, 5.41) is 5.23. The second-order valence-corrected chi connectivity index (χ2v) is 6.92. The SMILES string of the molecule is C=C(C)OCc1nc2ccc3c(c(C(=O)OC)nn3C(=O)COC(C)=O)c2s1. The molecule has 1 aromatic carbocycles. The Morgan fingerprint density at radius 3 is 2.61 bits per heavy atom. The first-order valence-corrected chi connectivity index (χ1v) is 8.97. The molecule has 3 aromatic rings. The Morgan fingerprint density at radius 1 is 1.21 bits per heavy atom. The molecule has 146 valence electrons. The highest BCUT2D eigenvalue weighted by molar-refractivity contribution is 7.19. The molecule has 0 unspecified atom stereocenters. The van der Waals surface area contributed by atoms with Crippen LogP contribution in [-0.2, 0) is 25.6 Å². The molecule has 0 amide bonds. The number of esters is 2. The topological polar surface area (TPSA) is 110 Å². The predicted octanol–water partition coefficient (Wildman–Crippen LogP) is 2.69. The minimum Gasteiger partial charge on any atom is -0.492 e. The van der Waals surface area contributed by atoms with E-state index in [9.17, 15) is 14.4 Å². The van der Waals surface area contributed by atoms with Crippen LogP contribution >= 0.6 is 11.3 Å². The minimum atomic E-state index is -0.690. The smallest absolute Gasteiger partial charge is 0.359 e. The summed E-state index contributed by atoms with van der Waals surface area (Å²) in [6, 6.07) is 3.35. The fourth-order valence-corrected chi connectivity index (χ4v) is 3.56. The van der Waals surface area contributed by atoms with E-state index in [0.717, 1.165) is 4.68 Å². The molecule has 0 saturated heterocycles. The molecule has 0 saturated carbocycles. The quantitative estimate of drug-likeness (QED) is 0.456. The van der Waals surface area contributed by atoms with Gasteiger partial charge in [-0.05, 0) is 19.1 Å². The van der Waals surface area contributed by atoms with Gasteiger partial charge < -0.3 is 14.2 Å². The van der Waals surface area contributed by atoms with Gasteiger partial charge in [0, 0.05) is 6.92 Å². The summed E-state index contributed by atoms with van der Waals surface area (Å²) in [4.78, 5) is 40.2. The van der Waals surface area contributed by atoms with Crippen molar-refractivity contribution in [1.29, 1.82) is 0 Å². The monoisotopic (exact) mass is 403 g/mol. The van der Waals surface area contributed by atoms with Gasteiger partial charge in [0.15, 0.2) is 12.3 Å². The van der Waals surface area contributed by atoms with Crippen LogP contribution in [0.25, 0.3) is 21.1 Å². The molecule has 0 fully saturated rings. The van der Waals surface area contributed by atoms with Gasteiger partial charge in [0.2, 0.25) is 0 Å². The second kappa shape index (κ2) is 7.77. The number of rotatable bonds is 6. The van der Waals surface area contributed by atoms with Gasteiger partial charge in [-0.25, -0.2) is 9.78 Å². The zero-order chi connectivity index (χ0) is 20.4. The third-order valence-corrected chi connectivity index (χ3v) is 4.76. The van der Waals surface area contributed by atoms with E-state index in [0.29, 0.717) is 31.9 Å². The van der Waals surface area contributed by atoms with Crippen molar-refractivity contribution in [3.05, 3.63) is 35.2 Å². The predicted molar refractivity (Wildman–Crippen MR) is 101 cm³/mol. The Labute approximate surface area is 163 Å². The van der Waals surface area contributed by atoms with Crippen molar-refractivity contribution in [2.45, 2.75) is 20.5 Å². The van der Waals surface area contributed by atoms with Crippen molar-refractivity contribution >= 4 is 50.3 Å². The first-order valence-electron chi connectivity index (χ1n) is 8.16. The van der Waals surface area contributed by atoms with Crippen LogP contribution in [0, 0.1) is 0 Å². The van der Waals surface area contributed by atoms with Crippen LogP contribution in [-0.4, -0.2) is 46.3 Å². The lowest BCUT2D eigenvalue weighted by atomic mass is 10.2. The van der Waals surface area contributed by atoms with Gasteiger partial charge in [-0.2, -0.15) is 9.78 Å². The Balaban J connectivity index is 2.15. The number of carbonyl (C=O) groups excluding carboxylic acids is 3. The maximum Gasteiger partial charge on any atom is 0.359 e. The summed E-state index contributed by atoms with van der Waals surface area (Å²) in [6.45, 7) is 6.36. The number of ether oxygens (including phenoxy) is 3. The van der Waals surface area contributed by atoms with Crippen molar-refractivity contribution in [1.82, 2.24) is 14.8 Å². The van der Waals surface area contributed by atoms with Crippen molar-refractivity contribution < 1.29 is 28.6 Å². The molecule has 0 aliphatic heterocycles. The summed E-state index contributed by atoms with van der Waals surface area (Å²) in [6.07, 6.45) is 0. The van der Waals surface area contributed by atoms with E-state index in [1.54, 1.807) is 19.1 Å². The molecule has 28 heavy (non-hydrogen) atoms. The fourth-order valence-electron chi connectivity index (χ4n) is 2.54. The summed E-state index contributed by atoms with van der Waals surface area (Å²) in [5.41, 5.74) is 1.01. The molecule has 0 aliphatic carbocycles. The van der Waals surface area contributed by atoms with Crippen molar-refractivity contribution in [2.24, 2.45) is 0 Å². The van der Waals surface area contributed by atoms with Crippen LogP contribution in [0.1, 0.15) is 34.1 Å². The van der Waals surface area contributed by atoms with Crippen LogP contribution in [0.2, 0.25) is 0 Å². The number of hydrogen-bond acceptors (Lipinski definition) is 9. The first-order chi connectivity index (χ1) is 13.3. The number of allylic oxidation sites excluding steroid dienone is 1. The largest absolute Gasteiger partial charge is 0.492 e. The molecular weight excluding hydrogens is 386 g/mol. The van der Waals surface area contributed by atoms with E-state index in [2.05, 4.69) is 16.7 Å². The van der Waals surface area contributed by atoms with Gasteiger partial charge in [0.25, 0.3) is 5.91 Å². The third kappa shape index (κ3) is 3.72. The van der Waals surface area contributed by atoms with E-state index in [-0.39, 0.29) is 12.3 Å². The molecule has 0 N–H and O–H groups in total. The molecule has 0 radical (unpaired) electrons. The number of carbonyl (C=O) groups is 3. The molecule has 10 heteroatoms. The molecule has 9 nitrogen and oxygen atoms in total. The number of nitrogens with zero attached hydrogens (tertiary/aromatic N) is 3. The molecule has 2 heterocycles. The van der Waals surface area contributed by atoms with Gasteiger partial charge in [-0.1, -0.05) is 6.58 Å². The first kappa shape index (κ1) is 19.5. The zero-order valence-corrected chi connectivity index (χ0v) is 16.3. The number of hydrogen-bond donors (Lipinski definition) is 0. The number of aromatic nitrogens is 3. The van der Waals surface area contributed by atoms with Gasteiger partial charge >= 0.3 is 11.9 Å². The highest BCUT2D eigenvalue weighted by Gasteiger charge is 2.24. The van der Waals surface area contributed by atoms with Gasteiger partial charge in [-0.3, -0.25) is 9.59 Å². The zero-order valence-electron chi connectivity index (χ0n) is 15.5. The highest BCUT2D eigenvalue weighted by Crippen LogP contribution is 2.33. The van der Waals surface area contributed by atoms with E-state index < -0.39 is 24.5 Å². The Bertz CT molecular complexity index is 1110. The van der Waals surface area contributed by atoms with E-state index in [4.69, 9.17) is 14.2 Å². The van der Waals surface area contributed by atoms with E-state index in [1.807, 2.05) is 0 Å². The van der Waals surface area contributed by atoms with Crippen molar-refractivity contribution in [2.75, 3.05) is 13.7 Å². The average molecular weight is 403 g/mol. The second-order valence-electron chi connectivity index (χ2n) is 5.83. The summed E-state index contributed by atoms with van der Waals surface area (Å²) in [7, 11) is 1.23. The number of fused-ring (bicyclic) bond motifs is 3. The van der Waals surface area contributed by atoms with E-state index >= 15 is 0 Å². The van der Waals surface area contributed by atoms with Crippen molar-refractivity contribution in [3.8, 4) is 0 Å². The maximum absolute atomic E-state index is 12.4. The summed E-state index contributed by atoms with van der Waals surface area (Å²) < 4.78 is 16.7. The molecule has 0 spiro atoms. The highest BCUT2D eigenvalue weighted by atomic mass is 32.1. The number of methoxy groups -OCH3 is 1. The Morgan fingerprint density at radius 2 is 1.96 bits per heavy atom. The minimum absolute atomic E-state index is 0.0182. The number of thiazole rings is 1. The lowest BCUT2D eigenvalue weighted by Gasteiger charge is -2.02. The molecule has 0 bridgehead atoms. The Hall–Kier alpha value is -3.27. The van der Waals surface area contributed by atoms with Crippen LogP contribution in [0.4, 0.5) is 0 Å². The molecular formula is C18H17N3O6S. The van der Waals surface area contributed by atoms with Gasteiger partial charge in [-0.15, -0.1) is 11.3 Å².